The van der Waals surface area contributed by atoms with Crippen LogP contribution in [0.3, 0.4) is 0 Å². The van der Waals surface area contributed by atoms with Gasteiger partial charge in [-0.15, -0.1) is 21.5 Å². The molecule has 0 bridgehead atoms. The second-order valence-electron chi connectivity index (χ2n) is 10.0. The average Bonchev–Trinajstić information content (AvgIpc) is 3.60. The van der Waals surface area contributed by atoms with Crippen LogP contribution in [0.4, 0.5) is 10.9 Å². The van der Waals surface area contributed by atoms with Crippen molar-refractivity contribution in [2.75, 3.05) is 36.0 Å². The largest absolute Gasteiger partial charge is 0.507 e. The van der Waals surface area contributed by atoms with Crippen molar-refractivity contribution >= 4 is 38.5 Å². The van der Waals surface area contributed by atoms with Gasteiger partial charge in [-0.2, -0.15) is 0 Å². The fraction of sp³-hybridized carbons (Fsp3) is 0.286. The fourth-order valence-electron chi connectivity index (χ4n) is 4.85. The zero-order valence-corrected chi connectivity index (χ0v) is 22.7. The molecule has 6 rings (SSSR count). The number of benzene rings is 1. The molecule has 1 unspecified atom stereocenters. The minimum Gasteiger partial charge on any atom is -0.507 e. The molecule has 1 aromatic carbocycles. The highest BCUT2D eigenvalue weighted by atomic mass is 32.1. The summed E-state index contributed by atoms with van der Waals surface area (Å²) in [5, 5.41) is 33.6. The van der Waals surface area contributed by atoms with Gasteiger partial charge in [0.1, 0.15) is 22.9 Å². The number of para-hydroxylation sites is 1. The van der Waals surface area contributed by atoms with Crippen LogP contribution < -0.4 is 9.80 Å². The van der Waals surface area contributed by atoms with Gasteiger partial charge < -0.3 is 24.5 Å². The van der Waals surface area contributed by atoms with E-state index in [4.69, 9.17) is 4.52 Å². The van der Waals surface area contributed by atoms with E-state index in [1.165, 1.54) is 0 Å². The second kappa shape index (κ2) is 10.5. The number of hydrogen-bond donors (Lipinski definition) is 2. The van der Waals surface area contributed by atoms with Gasteiger partial charge in [0.25, 0.3) is 0 Å². The highest BCUT2D eigenvalue weighted by Gasteiger charge is 2.28. The number of carbonyl (C=O) groups is 1. The number of fused-ring (bicyclic) bond motifs is 1. The Morgan fingerprint density at radius 3 is 2.40 bits per heavy atom. The van der Waals surface area contributed by atoms with Gasteiger partial charge in [-0.1, -0.05) is 31.1 Å². The minimum atomic E-state index is -0.941. The van der Waals surface area contributed by atoms with Crippen LogP contribution in [0, 0.1) is 5.92 Å². The van der Waals surface area contributed by atoms with E-state index in [2.05, 4.69) is 41.2 Å². The number of rotatable bonds is 7. The van der Waals surface area contributed by atoms with Crippen molar-refractivity contribution in [2.45, 2.75) is 19.8 Å². The zero-order chi connectivity index (χ0) is 27.8. The quantitative estimate of drug-likeness (QED) is 0.288. The van der Waals surface area contributed by atoms with Gasteiger partial charge >= 0.3 is 5.97 Å². The number of anilines is 2. The van der Waals surface area contributed by atoms with E-state index in [9.17, 15) is 15.0 Å². The van der Waals surface area contributed by atoms with Gasteiger partial charge in [-0.05, 0) is 24.1 Å². The molecule has 0 aliphatic carbocycles. The topological polar surface area (TPSA) is 142 Å². The van der Waals surface area contributed by atoms with Crippen LogP contribution in [0.15, 0.2) is 59.4 Å². The van der Waals surface area contributed by atoms with Crippen molar-refractivity contribution in [3.63, 3.8) is 0 Å². The van der Waals surface area contributed by atoms with Crippen molar-refractivity contribution in [3.05, 3.63) is 60.6 Å². The van der Waals surface area contributed by atoms with Crippen LogP contribution in [-0.4, -0.2) is 67.7 Å². The maximum atomic E-state index is 11.6. The molecular weight excluding hydrogens is 530 g/mol. The number of thiophene rings is 1. The summed E-state index contributed by atoms with van der Waals surface area (Å²) >= 11 is 1.66. The number of aromatic hydroxyl groups is 1. The number of phenolic OH excluding ortho intramolecular Hbond substituents is 1. The molecule has 40 heavy (non-hydrogen) atoms. The van der Waals surface area contributed by atoms with Gasteiger partial charge in [0.15, 0.2) is 5.76 Å². The first-order valence-corrected chi connectivity index (χ1v) is 13.8. The average molecular weight is 558 g/mol. The second-order valence-corrected chi connectivity index (χ2v) is 11.1. The lowest BCUT2D eigenvalue weighted by Crippen LogP contribution is -2.46. The molecule has 1 aliphatic heterocycles. The van der Waals surface area contributed by atoms with Crippen molar-refractivity contribution in [1.29, 1.82) is 0 Å². The maximum absolute atomic E-state index is 11.6. The van der Waals surface area contributed by atoms with Crippen LogP contribution in [-0.2, 0) is 4.79 Å². The lowest BCUT2D eigenvalue weighted by molar-refractivity contribution is -0.140. The maximum Gasteiger partial charge on any atom is 0.314 e. The number of hydrogen-bond acceptors (Lipinski definition) is 11. The Bertz CT molecular complexity index is 1660. The summed E-state index contributed by atoms with van der Waals surface area (Å²) < 4.78 is 6.36. The third kappa shape index (κ3) is 4.93. The normalized spacial score (nSPS) is 14.7. The Kier molecular flexibility index (Phi) is 6.76. The molecule has 204 valence electrons. The van der Waals surface area contributed by atoms with E-state index < -0.39 is 11.9 Å². The lowest BCUT2D eigenvalue weighted by Gasteiger charge is -2.35. The van der Waals surface area contributed by atoms with Crippen LogP contribution in [0.2, 0.25) is 0 Å². The molecule has 5 aromatic rings. The molecule has 0 amide bonds. The van der Waals surface area contributed by atoms with E-state index in [-0.39, 0.29) is 11.7 Å². The minimum absolute atomic E-state index is 0.127. The van der Waals surface area contributed by atoms with Crippen molar-refractivity contribution in [2.24, 2.45) is 5.92 Å². The third-order valence-electron chi connectivity index (χ3n) is 7.02. The molecule has 0 saturated carbocycles. The van der Waals surface area contributed by atoms with Crippen LogP contribution in [0.1, 0.15) is 25.5 Å². The summed E-state index contributed by atoms with van der Waals surface area (Å²) in [5.41, 5.74) is 3.32. The molecule has 0 spiro atoms. The van der Waals surface area contributed by atoms with Gasteiger partial charge in [0, 0.05) is 61.8 Å². The predicted molar refractivity (Wildman–Crippen MR) is 152 cm³/mol. The summed E-state index contributed by atoms with van der Waals surface area (Å²) in [7, 11) is 0. The van der Waals surface area contributed by atoms with Crippen molar-refractivity contribution in [3.8, 4) is 28.3 Å². The van der Waals surface area contributed by atoms with Gasteiger partial charge in [0.2, 0.25) is 5.95 Å². The standard InChI is InChI=1S/C28H27N7O4S/c1-16(2)26(27(37)38)23-11-19(33-39-23)17-14-29-28(30-15-17)35-9-7-34(8-10-35)25-13-21-24(40-25)12-20(31-32-21)18-5-3-4-6-22(18)36/h3-6,11-16,26,36H,7-10H2,1-2H3,(H,37,38). The van der Waals surface area contributed by atoms with E-state index in [0.29, 0.717) is 34.2 Å². The Morgan fingerprint density at radius 2 is 1.70 bits per heavy atom. The first-order chi connectivity index (χ1) is 19.4. The number of piperazine rings is 1. The molecule has 4 aromatic heterocycles. The van der Waals surface area contributed by atoms with E-state index in [1.807, 2.05) is 32.0 Å². The van der Waals surface area contributed by atoms with E-state index >= 15 is 0 Å². The molecule has 5 heterocycles. The zero-order valence-electron chi connectivity index (χ0n) is 21.9. The first kappa shape index (κ1) is 25.7. The molecule has 0 radical (unpaired) electrons. The molecular formula is C28H27N7O4S. The van der Waals surface area contributed by atoms with E-state index in [0.717, 1.165) is 41.4 Å². The lowest BCUT2D eigenvalue weighted by atomic mass is 9.93. The first-order valence-electron chi connectivity index (χ1n) is 12.9. The Hall–Kier alpha value is -4.58. The molecule has 11 nitrogen and oxygen atoms in total. The Morgan fingerprint density at radius 1 is 0.975 bits per heavy atom. The summed E-state index contributed by atoms with van der Waals surface area (Å²) in [4.78, 5) is 25.2. The summed E-state index contributed by atoms with van der Waals surface area (Å²) in [6.45, 7) is 6.78. The number of aromatic nitrogens is 5. The number of phenols is 1. The van der Waals surface area contributed by atoms with Crippen molar-refractivity contribution < 1.29 is 19.5 Å². The van der Waals surface area contributed by atoms with Crippen molar-refractivity contribution in [1.82, 2.24) is 25.3 Å². The number of aliphatic carboxylic acids is 1. The van der Waals surface area contributed by atoms with Gasteiger partial charge in [-0.3, -0.25) is 4.79 Å². The highest BCUT2D eigenvalue weighted by molar-refractivity contribution is 7.22. The van der Waals surface area contributed by atoms with Crippen LogP contribution in [0.25, 0.3) is 32.7 Å². The number of nitrogens with zero attached hydrogens (tertiary/aromatic N) is 7. The Balaban J connectivity index is 1.12. The monoisotopic (exact) mass is 557 g/mol. The van der Waals surface area contributed by atoms with Gasteiger partial charge in [0.05, 0.1) is 15.4 Å². The van der Waals surface area contributed by atoms with Crippen LogP contribution in [0.5, 0.6) is 5.75 Å². The number of carboxylic acid groups (broad SMARTS) is 1. The highest BCUT2D eigenvalue weighted by Crippen LogP contribution is 2.35. The van der Waals surface area contributed by atoms with Gasteiger partial charge in [-0.25, -0.2) is 9.97 Å². The Labute approximate surface area is 233 Å². The SMILES string of the molecule is CC(C)C(C(=O)O)c1cc(-c2cnc(N3CCN(c4cc5nnc(-c6ccccc6O)cc5s4)CC3)nc2)no1. The summed E-state index contributed by atoms with van der Waals surface area (Å²) in [5.74, 6) is -0.693. The molecule has 1 fully saturated rings. The number of carboxylic acids is 1. The molecule has 12 heteroatoms. The predicted octanol–water partition coefficient (Wildman–Crippen LogP) is 4.66. The summed E-state index contributed by atoms with van der Waals surface area (Å²) in [6.07, 6.45) is 3.38. The smallest absolute Gasteiger partial charge is 0.314 e. The molecule has 2 N–H and O–H groups in total. The third-order valence-corrected chi connectivity index (χ3v) is 8.15. The molecule has 1 aliphatic rings. The molecule has 1 atom stereocenters. The summed E-state index contributed by atoms with van der Waals surface area (Å²) in [6, 6.07) is 12.8. The fourth-order valence-corrected chi connectivity index (χ4v) is 5.94. The van der Waals surface area contributed by atoms with Crippen LogP contribution >= 0.6 is 11.3 Å². The van der Waals surface area contributed by atoms with E-state index in [1.54, 1.807) is 41.9 Å². The molecule has 1 saturated heterocycles.